The summed E-state index contributed by atoms with van der Waals surface area (Å²) in [5.41, 5.74) is 1.22. The first kappa shape index (κ1) is 11.1. The molecule has 1 aromatic heterocycles. The minimum Gasteiger partial charge on any atom is -0.481 e. The Morgan fingerprint density at radius 3 is 2.76 bits per heavy atom. The molecule has 1 atom stereocenters. The zero-order chi connectivity index (χ0) is 12.6. The van der Waals surface area contributed by atoms with Crippen molar-refractivity contribution < 1.29 is 14.8 Å². The number of carboxylic acids is 1. The molecule has 0 aliphatic carbocycles. The van der Waals surface area contributed by atoms with E-state index in [1.165, 1.54) is 12.1 Å². The van der Waals surface area contributed by atoms with Crippen molar-refractivity contribution >= 4 is 22.6 Å². The van der Waals surface area contributed by atoms with Crippen LogP contribution in [0.4, 0.5) is 5.69 Å². The molecule has 0 radical (unpaired) electrons. The van der Waals surface area contributed by atoms with Gasteiger partial charge in [0.2, 0.25) is 0 Å². The number of H-pyrrole nitrogens is 1. The minimum absolute atomic E-state index is 0.00831. The predicted octanol–water partition coefficient (Wildman–Crippen LogP) is 2.26. The average Bonchev–Trinajstić information content (AvgIpc) is 2.69. The molecule has 6 nitrogen and oxygen atoms in total. The van der Waals surface area contributed by atoms with E-state index in [9.17, 15) is 14.9 Å². The number of nitro groups is 1. The summed E-state index contributed by atoms with van der Waals surface area (Å²) < 4.78 is 0. The van der Waals surface area contributed by atoms with Crippen molar-refractivity contribution in [1.29, 1.82) is 0 Å². The third kappa shape index (κ3) is 1.96. The van der Waals surface area contributed by atoms with E-state index < -0.39 is 16.8 Å². The number of fused-ring (bicyclic) bond motifs is 1. The Labute approximate surface area is 96.0 Å². The van der Waals surface area contributed by atoms with Crippen molar-refractivity contribution in [1.82, 2.24) is 4.98 Å². The molecular formula is C11H10N2O4. The highest BCUT2D eigenvalue weighted by atomic mass is 16.6. The van der Waals surface area contributed by atoms with Crippen LogP contribution in [0.15, 0.2) is 24.3 Å². The maximum absolute atomic E-state index is 10.8. The van der Waals surface area contributed by atoms with Crippen molar-refractivity contribution in [2.75, 3.05) is 0 Å². The van der Waals surface area contributed by atoms with E-state index in [4.69, 9.17) is 5.11 Å². The lowest BCUT2D eigenvalue weighted by atomic mass is 10.1. The van der Waals surface area contributed by atoms with Gasteiger partial charge in [0.25, 0.3) is 5.69 Å². The van der Waals surface area contributed by atoms with Gasteiger partial charge in [0.05, 0.1) is 10.8 Å². The smallest absolute Gasteiger partial charge is 0.312 e. The first-order valence-electron chi connectivity index (χ1n) is 4.99. The number of rotatable bonds is 3. The third-order valence-corrected chi connectivity index (χ3v) is 2.67. The number of carbonyl (C=O) groups is 1. The number of aromatic nitrogens is 1. The van der Waals surface area contributed by atoms with Gasteiger partial charge < -0.3 is 10.1 Å². The van der Waals surface area contributed by atoms with Gasteiger partial charge in [-0.15, -0.1) is 0 Å². The number of aromatic amines is 1. The second-order valence-electron chi connectivity index (χ2n) is 3.81. The molecule has 0 saturated carbocycles. The summed E-state index contributed by atoms with van der Waals surface area (Å²) >= 11 is 0. The number of hydrogen-bond donors (Lipinski definition) is 2. The van der Waals surface area contributed by atoms with E-state index in [-0.39, 0.29) is 5.69 Å². The maximum Gasteiger partial charge on any atom is 0.312 e. The third-order valence-electron chi connectivity index (χ3n) is 2.67. The molecule has 0 aliphatic heterocycles. The molecule has 1 heterocycles. The van der Waals surface area contributed by atoms with Crippen LogP contribution in [0.1, 0.15) is 18.5 Å². The van der Waals surface area contributed by atoms with E-state index in [0.29, 0.717) is 16.6 Å². The van der Waals surface area contributed by atoms with Crippen LogP contribution in [0.5, 0.6) is 0 Å². The number of benzene rings is 1. The van der Waals surface area contributed by atoms with E-state index in [0.717, 1.165) is 0 Å². The van der Waals surface area contributed by atoms with Gasteiger partial charge in [0.1, 0.15) is 0 Å². The number of hydrogen-bond acceptors (Lipinski definition) is 3. The SMILES string of the molecule is CC(C(=O)O)c1cc2cc([N+](=O)[O-])ccc2[nH]1. The van der Waals surface area contributed by atoms with Gasteiger partial charge in [-0.1, -0.05) is 0 Å². The topological polar surface area (TPSA) is 96.2 Å². The molecule has 2 rings (SSSR count). The fourth-order valence-corrected chi connectivity index (χ4v) is 1.62. The standard InChI is InChI=1S/C11H10N2O4/c1-6(11(14)15)10-5-7-4-8(13(16)17)2-3-9(7)12-10/h2-6,12H,1H3,(H,14,15). The van der Waals surface area contributed by atoms with Gasteiger partial charge in [-0.25, -0.2) is 0 Å². The lowest BCUT2D eigenvalue weighted by Gasteiger charge is -2.01. The van der Waals surface area contributed by atoms with Crippen molar-refractivity contribution in [3.8, 4) is 0 Å². The normalized spacial score (nSPS) is 12.5. The van der Waals surface area contributed by atoms with E-state index in [1.807, 2.05) is 0 Å². The second kappa shape index (κ2) is 3.89. The Bertz CT molecular complexity index is 603. The Kier molecular flexibility index (Phi) is 2.55. The molecule has 0 saturated heterocycles. The Hall–Kier alpha value is -2.37. The monoisotopic (exact) mass is 234 g/mol. The molecule has 0 aliphatic rings. The van der Waals surface area contributed by atoms with Crippen LogP contribution in [0.3, 0.4) is 0 Å². The molecule has 6 heteroatoms. The van der Waals surface area contributed by atoms with Gasteiger partial charge in [-0.3, -0.25) is 14.9 Å². The van der Waals surface area contributed by atoms with Crippen LogP contribution >= 0.6 is 0 Å². The molecule has 2 N–H and O–H groups in total. The zero-order valence-electron chi connectivity index (χ0n) is 9.01. The summed E-state index contributed by atoms with van der Waals surface area (Å²) in [6.45, 7) is 1.56. The van der Waals surface area contributed by atoms with E-state index in [2.05, 4.69) is 4.98 Å². The Morgan fingerprint density at radius 1 is 1.47 bits per heavy atom. The van der Waals surface area contributed by atoms with Crippen LogP contribution in [0.2, 0.25) is 0 Å². The number of non-ortho nitro benzene ring substituents is 1. The summed E-state index contributed by atoms with van der Waals surface area (Å²) in [6.07, 6.45) is 0. The molecule has 0 bridgehead atoms. The first-order valence-corrected chi connectivity index (χ1v) is 4.99. The quantitative estimate of drug-likeness (QED) is 0.628. The van der Waals surface area contributed by atoms with Crippen LogP contribution in [0.25, 0.3) is 10.9 Å². The molecule has 0 amide bonds. The lowest BCUT2D eigenvalue weighted by Crippen LogP contribution is -2.07. The average molecular weight is 234 g/mol. The first-order chi connectivity index (χ1) is 7.99. The molecular weight excluding hydrogens is 224 g/mol. The summed E-state index contributed by atoms with van der Waals surface area (Å²) in [7, 11) is 0. The maximum atomic E-state index is 10.8. The van der Waals surface area contributed by atoms with Gasteiger partial charge in [0.15, 0.2) is 0 Å². The summed E-state index contributed by atoms with van der Waals surface area (Å²) in [6, 6.07) is 6.00. The van der Waals surface area contributed by atoms with Gasteiger partial charge >= 0.3 is 5.97 Å². The van der Waals surface area contributed by atoms with Crippen LogP contribution in [-0.2, 0) is 4.79 Å². The van der Waals surface area contributed by atoms with Crippen LogP contribution in [-0.4, -0.2) is 21.0 Å². The number of nitro benzene ring substituents is 1. The molecule has 1 aromatic carbocycles. The number of carboxylic acid groups (broad SMARTS) is 1. The van der Waals surface area contributed by atoms with E-state index >= 15 is 0 Å². The molecule has 88 valence electrons. The van der Waals surface area contributed by atoms with Crippen LogP contribution in [0, 0.1) is 10.1 Å². The molecule has 17 heavy (non-hydrogen) atoms. The van der Waals surface area contributed by atoms with Gasteiger partial charge in [0, 0.05) is 28.7 Å². The van der Waals surface area contributed by atoms with Crippen molar-refractivity contribution in [2.45, 2.75) is 12.8 Å². The summed E-state index contributed by atoms with van der Waals surface area (Å²) in [5, 5.41) is 20.1. The fraction of sp³-hybridized carbons (Fsp3) is 0.182. The van der Waals surface area contributed by atoms with Crippen molar-refractivity contribution in [2.24, 2.45) is 0 Å². The number of aliphatic carboxylic acids is 1. The second-order valence-corrected chi connectivity index (χ2v) is 3.81. The minimum atomic E-state index is -0.939. The Morgan fingerprint density at radius 2 is 2.18 bits per heavy atom. The van der Waals surface area contributed by atoms with Crippen LogP contribution < -0.4 is 0 Å². The van der Waals surface area contributed by atoms with Gasteiger partial charge in [-0.05, 0) is 19.1 Å². The Balaban J connectivity index is 2.50. The van der Waals surface area contributed by atoms with Gasteiger partial charge in [-0.2, -0.15) is 0 Å². The number of nitrogens with one attached hydrogen (secondary N) is 1. The highest BCUT2D eigenvalue weighted by molar-refractivity contribution is 5.85. The summed E-state index contributed by atoms with van der Waals surface area (Å²) in [5.74, 6) is -1.60. The highest BCUT2D eigenvalue weighted by Crippen LogP contribution is 2.25. The van der Waals surface area contributed by atoms with Crippen molar-refractivity contribution in [3.63, 3.8) is 0 Å². The lowest BCUT2D eigenvalue weighted by molar-refractivity contribution is -0.384. The number of nitrogens with zero attached hydrogens (tertiary/aromatic N) is 1. The zero-order valence-corrected chi connectivity index (χ0v) is 9.01. The fourth-order valence-electron chi connectivity index (χ4n) is 1.62. The molecule has 0 fully saturated rings. The predicted molar refractivity (Wildman–Crippen MR) is 61.0 cm³/mol. The summed E-state index contributed by atoms with van der Waals surface area (Å²) in [4.78, 5) is 23.9. The van der Waals surface area contributed by atoms with E-state index in [1.54, 1.807) is 19.1 Å². The highest BCUT2D eigenvalue weighted by Gasteiger charge is 2.17. The molecule has 2 aromatic rings. The largest absolute Gasteiger partial charge is 0.481 e. The van der Waals surface area contributed by atoms with Crippen molar-refractivity contribution in [3.05, 3.63) is 40.1 Å². The molecule has 0 spiro atoms. The molecule has 1 unspecified atom stereocenters.